The Balaban J connectivity index is 1.70. The zero-order valence-corrected chi connectivity index (χ0v) is 13.6. The highest BCUT2D eigenvalue weighted by molar-refractivity contribution is 5.96. The molecule has 0 aliphatic carbocycles. The minimum absolute atomic E-state index is 0.140. The first-order valence-electron chi connectivity index (χ1n) is 7.86. The van der Waals surface area contributed by atoms with E-state index in [9.17, 15) is 4.79 Å². The lowest BCUT2D eigenvalue weighted by molar-refractivity contribution is -0.119. The molecule has 1 unspecified atom stereocenters. The Morgan fingerprint density at radius 2 is 1.67 bits per heavy atom. The molecule has 0 aliphatic heterocycles. The molecule has 24 heavy (non-hydrogen) atoms. The van der Waals surface area contributed by atoms with Gasteiger partial charge in [-0.3, -0.25) is 4.79 Å². The number of hydrogen-bond donors (Lipinski definition) is 1. The molecule has 2 N–H and O–H groups in total. The van der Waals surface area contributed by atoms with Crippen LogP contribution in [0.1, 0.15) is 5.76 Å². The number of furan rings is 1. The fourth-order valence-electron chi connectivity index (χ4n) is 2.62. The summed E-state index contributed by atoms with van der Waals surface area (Å²) >= 11 is 0. The number of hydrogen-bond acceptors (Lipinski definition) is 3. The van der Waals surface area contributed by atoms with E-state index in [-0.39, 0.29) is 5.91 Å². The van der Waals surface area contributed by atoms with E-state index in [1.165, 1.54) is 0 Å². The highest BCUT2D eigenvalue weighted by atomic mass is 16.3. The summed E-state index contributed by atoms with van der Waals surface area (Å²) in [5.41, 5.74) is 9.09. The molecule has 4 nitrogen and oxygen atoms in total. The quantitative estimate of drug-likeness (QED) is 0.783. The van der Waals surface area contributed by atoms with Gasteiger partial charge in [-0.1, -0.05) is 42.5 Å². The number of carbonyl (C=O) groups excluding carboxylic acids is 1. The van der Waals surface area contributed by atoms with E-state index < -0.39 is 6.04 Å². The lowest BCUT2D eigenvalue weighted by Gasteiger charge is -2.21. The normalized spacial score (nSPS) is 11.9. The molecular weight excluding hydrogens is 300 g/mol. The van der Waals surface area contributed by atoms with Crippen LogP contribution in [0.15, 0.2) is 77.4 Å². The van der Waals surface area contributed by atoms with Crippen LogP contribution in [-0.4, -0.2) is 19.0 Å². The molecule has 3 rings (SSSR count). The maximum atomic E-state index is 12.5. The molecular formula is C20H20N2O2. The molecule has 0 aliphatic rings. The van der Waals surface area contributed by atoms with Crippen LogP contribution < -0.4 is 10.6 Å². The molecule has 0 saturated heterocycles. The third-order valence-electron chi connectivity index (χ3n) is 4.01. The van der Waals surface area contributed by atoms with E-state index in [1.807, 2.05) is 48.5 Å². The van der Waals surface area contributed by atoms with Crippen molar-refractivity contribution < 1.29 is 9.21 Å². The smallest absolute Gasteiger partial charge is 0.244 e. The second-order valence-corrected chi connectivity index (χ2v) is 5.70. The molecule has 0 saturated carbocycles. The minimum Gasteiger partial charge on any atom is -0.469 e. The van der Waals surface area contributed by atoms with E-state index in [0.29, 0.717) is 12.2 Å². The van der Waals surface area contributed by atoms with Crippen molar-refractivity contribution in [3.8, 4) is 11.1 Å². The summed E-state index contributed by atoms with van der Waals surface area (Å²) in [7, 11) is 1.74. The van der Waals surface area contributed by atoms with Gasteiger partial charge in [0.25, 0.3) is 0 Å². The number of anilines is 1. The van der Waals surface area contributed by atoms with Crippen molar-refractivity contribution in [2.24, 2.45) is 5.73 Å². The number of amides is 1. The van der Waals surface area contributed by atoms with E-state index >= 15 is 0 Å². The summed E-state index contributed by atoms with van der Waals surface area (Å²) in [6, 6.07) is 21.0. The van der Waals surface area contributed by atoms with Crippen molar-refractivity contribution in [1.29, 1.82) is 0 Å². The van der Waals surface area contributed by atoms with Gasteiger partial charge in [0.15, 0.2) is 0 Å². The number of benzene rings is 2. The van der Waals surface area contributed by atoms with Gasteiger partial charge in [-0.15, -0.1) is 0 Å². The summed E-state index contributed by atoms with van der Waals surface area (Å²) in [5, 5.41) is 0. The molecule has 3 aromatic rings. The summed E-state index contributed by atoms with van der Waals surface area (Å²) in [6.45, 7) is 0. The average molecular weight is 320 g/mol. The zero-order chi connectivity index (χ0) is 16.9. The molecule has 1 amide bonds. The molecule has 1 aromatic heterocycles. The van der Waals surface area contributed by atoms with Crippen LogP contribution in [0.25, 0.3) is 11.1 Å². The lowest BCUT2D eigenvalue weighted by Crippen LogP contribution is -2.43. The van der Waals surface area contributed by atoms with Gasteiger partial charge >= 0.3 is 0 Å². The average Bonchev–Trinajstić information content (AvgIpc) is 3.14. The molecule has 0 radical (unpaired) electrons. The van der Waals surface area contributed by atoms with Crippen molar-refractivity contribution >= 4 is 11.6 Å². The Kier molecular flexibility index (Phi) is 4.77. The summed E-state index contributed by atoms with van der Waals surface area (Å²) in [4.78, 5) is 14.1. The molecule has 122 valence electrons. The first-order chi connectivity index (χ1) is 11.6. The van der Waals surface area contributed by atoms with E-state index in [4.69, 9.17) is 10.2 Å². The number of likely N-dealkylation sites (N-methyl/N-ethyl adjacent to an activating group) is 1. The summed E-state index contributed by atoms with van der Waals surface area (Å²) in [5.74, 6) is 0.572. The van der Waals surface area contributed by atoms with Crippen LogP contribution >= 0.6 is 0 Å². The Morgan fingerprint density at radius 1 is 1.00 bits per heavy atom. The summed E-state index contributed by atoms with van der Waals surface area (Å²) in [6.07, 6.45) is 1.97. The van der Waals surface area contributed by atoms with Gasteiger partial charge in [-0.05, 0) is 35.4 Å². The Morgan fingerprint density at radius 3 is 2.29 bits per heavy atom. The van der Waals surface area contributed by atoms with Gasteiger partial charge in [-0.25, -0.2) is 0 Å². The topological polar surface area (TPSA) is 59.5 Å². The van der Waals surface area contributed by atoms with E-state index in [0.717, 1.165) is 16.8 Å². The van der Waals surface area contributed by atoms with Gasteiger partial charge < -0.3 is 15.1 Å². The van der Waals surface area contributed by atoms with Crippen LogP contribution in [-0.2, 0) is 11.2 Å². The predicted molar refractivity (Wildman–Crippen MR) is 95.7 cm³/mol. The lowest BCUT2D eigenvalue weighted by atomic mass is 10.1. The van der Waals surface area contributed by atoms with Crippen molar-refractivity contribution in [3.05, 3.63) is 78.8 Å². The van der Waals surface area contributed by atoms with Crippen LogP contribution in [0.5, 0.6) is 0 Å². The number of rotatable bonds is 5. The molecule has 0 bridgehead atoms. The highest BCUT2D eigenvalue weighted by Gasteiger charge is 2.20. The van der Waals surface area contributed by atoms with Gasteiger partial charge in [0, 0.05) is 19.2 Å². The molecule has 0 spiro atoms. The number of carbonyl (C=O) groups is 1. The Bertz CT molecular complexity index is 780. The predicted octanol–water partition coefficient (Wildman–Crippen LogP) is 3.48. The second kappa shape index (κ2) is 7.15. The second-order valence-electron chi connectivity index (χ2n) is 5.70. The largest absolute Gasteiger partial charge is 0.469 e. The minimum atomic E-state index is -0.630. The maximum absolute atomic E-state index is 12.5. The fourth-order valence-corrected chi connectivity index (χ4v) is 2.62. The first-order valence-corrected chi connectivity index (χ1v) is 7.86. The van der Waals surface area contributed by atoms with E-state index in [1.54, 1.807) is 24.3 Å². The molecule has 4 heteroatoms. The van der Waals surface area contributed by atoms with Crippen LogP contribution in [0, 0.1) is 0 Å². The third-order valence-corrected chi connectivity index (χ3v) is 4.01. The highest BCUT2D eigenvalue weighted by Crippen LogP contribution is 2.23. The van der Waals surface area contributed by atoms with Crippen LogP contribution in [0.2, 0.25) is 0 Å². The third kappa shape index (κ3) is 3.55. The number of nitrogens with two attached hydrogens (primary N) is 1. The Labute approximate surface area is 141 Å². The molecule has 0 fully saturated rings. The first kappa shape index (κ1) is 16.0. The Hall–Kier alpha value is -2.85. The van der Waals surface area contributed by atoms with Crippen molar-refractivity contribution in [3.63, 3.8) is 0 Å². The number of nitrogens with zero attached hydrogens (tertiary/aromatic N) is 1. The zero-order valence-electron chi connectivity index (χ0n) is 13.6. The van der Waals surface area contributed by atoms with Gasteiger partial charge in [0.2, 0.25) is 5.91 Å². The van der Waals surface area contributed by atoms with Gasteiger partial charge in [0.1, 0.15) is 5.76 Å². The monoisotopic (exact) mass is 320 g/mol. The molecule has 1 atom stereocenters. The molecule has 2 aromatic carbocycles. The van der Waals surface area contributed by atoms with Crippen LogP contribution in [0.4, 0.5) is 5.69 Å². The van der Waals surface area contributed by atoms with Gasteiger partial charge in [-0.2, -0.15) is 0 Å². The standard InChI is InChI=1S/C20H20N2O2/c1-22(20(23)19(21)14-18-8-5-13-24-18)17-11-9-16(10-12-17)15-6-3-2-4-7-15/h2-13,19H,14,21H2,1H3. The van der Waals surface area contributed by atoms with Crippen molar-refractivity contribution in [1.82, 2.24) is 0 Å². The van der Waals surface area contributed by atoms with Crippen molar-refractivity contribution in [2.75, 3.05) is 11.9 Å². The SMILES string of the molecule is CN(C(=O)C(N)Cc1ccco1)c1ccc(-c2ccccc2)cc1. The van der Waals surface area contributed by atoms with Crippen LogP contribution in [0.3, 0.4) is 0 Å². The van der Waals surface area contributed by atoms with Gasteiger partial charge in [0.05, 0.1) is 12.3 Å². The van der Waals surface area contributed by atoms with E-state index in [2.05, 4.69) is 12.1 Å². The van der Waals surface area contributed by atoms with Crippen molar-refractivity contribution in [2.45, 2.75) is 12.5 Å². The summed E-state index contributed by atoms with van der Waals surface area (Å²) < 4.78 is 5.25. The maximum Gasteiger partial charge on any atom is 0.244 e. The molecule has 1 heterocycles. The fraction of sp³-hybridized carbons (Fsp3) is 0.150.